The molecular formula is C24H38O4. The Morgan fingerprint density at radius 2 is 1.14 bits per heavy atom. The summed E-state index contributed by atoms with van der Waals surface area (Å²) >= 11 is 0. The highest BCUT2D eigenvalue weighted by atomic mass is 16.5. The molecule has 0 bridgehead atoms. The third kappa shape index (κ3) is 8.45. The van der Waals surface area contributed by atoms with Crippen LogP contribution in [0.4, 0.5) is 0 Å². The van der Waals surface area contributed by atoms with Gasteiger partial charge in [-0.2, -0.15) is 0 Å². The van der Waals surface area contributed by atoms with Gasteiger partial charge in [0.2, 0.25) is 0 Å². The summed E-state index contributed by atoms with van der Waals surface area (Å²) < 4.78 is 11.1. The first-order chi connectivity index (χ1) is 13.6. The molecule has 0 fully saturated rings. The van der Waals surface area contributed by atoms with E-state index in [-0.39, 0.29) is 37.0 Å². The summed E-state index contributed by atoms with van der Waals surface area (Å²) in [5.74, 6) is -0.329. The average Bonchev–Trinajstić information content (AvgIpc) is 2.72. The van der Waals surface area contributed by atoms with Crippen molar-refractivity contribution in [2.75, 3.05) is 0 Å². The predicted molar refractivity (Wildman–Crippen MR) is 113 cm³/mol. The van der Waals surface area contributed by atoms with Crippen LogP contribution in [-0.4, -0.2) is 11.9 Å². The van der Waals surface area contributed by atoms with E-state index in [0.29, 0.717) is 0 Å². The van der Waals surface area contributed by atoms with Crippen LogP contribution in [0.5, 0.6) is 0 Å². The van der Waals surface area contributed by atoms with E-state index in [2.05, 4.69) is 13.8 Å². The minimum atomic E-state index is -0.131. The molecular weight excluding hydrogens is 352 g/mol. The average molecular weight is 391 g/mol. The maximum absolute atomic E-state index is 12.4. The smallest absolute Gasteiger partial charge is 0.309 e. The molecule has 0 N–H and O–H groups in total. The van der Waals surface area contributed by atoms with Crippen molar-refractivity contribution in [1.82, 2.24) is 0 Å². The van der Waals surface area contributed by atoms with E-state index >= 15 is 0 Å². The van der Waals surface area contributed by atoms with Gasteiger partial charge in [-0.05, 0) is 36.8 Å². The van der Waals surface area contributed by atoms with Crippen molar-refractivity contribution < 1.29 is 19.1 Å². The maximum atomic E-state index is 12.4. The molecule has 0 spiro atoms. The van der Waals surface area contributed by atoms with Crippen LogP contribution in [0, 0.1) is 11.8 Å². The van der Waals surface area contributed by atoms with Gasteiger partial charge in [-0.1, -0.05) is 77.6 Å². The lowest BCUT2D eigenvalue weighted by molar-refractivity contribution is -0.152. The SMILES string of the molecule is CCCCC(CC)C(=O)OCc1ccccc1COC(=O)C(CC)CCCC. The van der Waals surface area contributed by atoms with Crippen molar-refractivity contribution >= 4 is 11.9 Å². The molecule has 1 rings (SSSR count). The molecule has 1 aromatic carbocycles. The molecule has 0 aliphatic rings. The highest BCUT2D eigenvalue weighted by molar-refractivity contribution is 5.73. The van der Waals surface area contributed by atoms with Crippen molar-refractivity contribution in [3.05, 3.63) is 35.4 Å². The van der Waals surface area contributed by atoms with Gasteiger partial charge < -0.3 is 9.47 Å². The van der Waals surface area contributed by atoms with Gasteiger partial charge in [0.05, 0.1) is 11.8 Å². The van der Waals surface area contributed by atoms with E-state index in [1.54, 1.807) is 0 Å². The zero-order valence-corrected chi connectivity index (χ0v) is 18.2. The molecule has 0 heterocycles. The van der Waals surface area contributed by atoms with Crippen LogP contribution in [0.3, 0.4) is 0 Å². The zero-order chi connectivity index (χ0) is 20.8. The highest BCUT2D eigenvalue weighted by Gasteiger charge is 2.19. The van der Waals surface area contributed by atoms with Crippen LogP contribution in [0.2, 0.25) is 0 Å². The Balaban J connectivity index is 2.62. The van der Waals surface area contributed by atoms with Crippen LogP contribution < -0.4 is 0 Å². The monoisotopic (exact) mass is 390 g/mol. The number of carbonyl (C=O) groups excluding carboxylic acids is 2. The predicted octanol–water partition coefficient (Wildman–Crippen LogP) is 6.21. The lowest BCUT2D eigenvalue weighted by Crippen LogP contribution is -2.19. The normalized spacial score (nSPS) is 13.0. The molecule has 4 nitrogen and oxygen atoms in total. The number of carbonyl (C=O) groups is 2. The molecule has 0 radical (unpaired) electrons. The van der Waals surface area contributed by atoms with E-state index < -0.39 is 0 Å². The zero-order valence-electron chi connectivity index (χ0n) is 18.2. The Kier molecular flexibility index (Phi) is 12.3. The van der Waals surface area contributed by atoms with Crippen LogP contribution in [0.25, 0.3) is 0 Å². The Morgan fingerprint density at radius 3 is 1.46 bits per heavy atom. The van der Waals surface area contributed by atoms with Crippen LogP contribution in [0.1, 0.15) is 90.2 Å². The lowest BCUT2D eigenvalue weighted by atomic mass is 9.99. The topological polar surface area (TPSA) is 52.6 Å². The van der Waals surface area contributed by atoms with E-state index in [1.165, 1.54) is 0 Å². The number of esters is 2. The summed E-state index contributed by atoms with van der Waals surface area (Å²) in [5.41, 5.74) is 1.80. The fraction of sp³-hybridized carbons (Fsp3) is 0.667. The number of benzene rings is 1. The Bertz CT molecular complexity index is 531. The summed E-state index contributed by atoms with van der Waals surface area (Å²) in [6.07, 6.45) is 7.59. The number of ether oxygens (including phenoxy) is 2. The third-order valence-corrected chi connectivity index (χ3v) is 5.32. The van der Waals surface area contributed by atoms with E-state index in [4.69, 9.17) is 9.47 Å². The Labute approximate surface area is 171 Å². The molecule has 2 atom stereocenters. The van der Waals surface area contributed by atoms with Crippen LogP contribution in [-0.2, 0) is 32.3 Å². The second-order valence-electron chi connectivity index (χ2n) is 7.48. The number of hydrogen-bond acceptors (Lipinski definition) is 4. The Morgan fingerprint density at radius 1 is 0.750 bits per heavy atom. The summed E-state index contributed by atoms with van der Waals surface area (Å²) in [5, 5.41) is 0. The molecule has 0 amide bonds. The molecule has 0 aliphatic heterocycles. The first-order valence-corrected chi connectivity index (χ1v) is 11.0. The van der Waals surface area contributed by atoms with Crippen LogP contribution >= 0.6 is 0 Å². The molecule has 0 aromatic heterocycles. The van der Waals surface area contributed by atoms with Crippen molar-refractivity contribution in [2.24, 2.45) is 11.8 Å². The van der Waals surface area contributed by atoms with Crippen molar-refractivity contribution in [2.45, 2.75) is 92.3 Å². The van der Waals surface area contributed by atoms with Gasteiger partial charge in [0.15, 0.2) is 0 Å². The summed E-state index contributed by atoms with van der Waals surface area (Å²) in [6.45, 7) is 8.75. The molecule has 28 heavy (non-hydrogen) atoms. The highest BCUT2D eigenvalue weighted by Crippen LogP contribution is 2.19. The van der Waals surface area contributed by atoms with Crippen LogP contribution in [0.15, 0.2) is 24.3 Å². The molecule has 1 aromatic rings. The molecule has 2 unspecified atom stereocenters. The standard InChI is InChI=1S/C24H38O4/c1-5-9-13-19(7-3)23(25)27-17-21-15-11-12-16-22(21)18-28-24(26)20(8-4)14-10-6-2/h11-12,15-16,19-20H,5-10,13-14,17-18H2,1-4H3. The van der Waals surface area contributed by atoms with E-state index in [0.717, 1.165) is 62.5 Å². The van der Waals surface area contributed by atoms with E-state index in [1.807, 2.05) is 38.1 Å². The van der Waals surface area contributed by atoms with Crippen molar-refractivity contribution in [1.29, 1.82) is 0 Å². The molecule has 0 saturated carbocycles. The largest absolute Gasteiger partial charge is 0.461 e. The summed E-state index contributed by atoms with van der Waals surface area (Å²) in [7, 11) is 0. The van der Waals surface area contributed by atoms with Gasteiger partial charge in [0.1, 0.15) is 13.2 Å². The van der Waals surface area contributed by atoms with E-state index in [9.17, 15) is 9.59 Å². The first kappa shape index (κ1) is 24.2. The molecule has 0 saturated heterocycles. The van der Waals surface area contributed by atoms with Gasteiger partial charge in [0.25, 0.3) is 0 Å². The minimum absolute atomic E-state index is 0.0335. The summed E-state index contributed by atoms with van der Waals surface area (Å²) in [4.78, 5) is 24.7. The second-order valence-corrected chi connectivity index (χ2v) is 7.48. The summed E-state index contributed by atoms with van der Waals surface area (Å²) in [6, 6.07) is 7.69. The molecule has 158 valence electrons. The quantitative estimate of drug-likeness (QED) is 0.355. The van der Waals surface area contributed by atoms with Gasteiger partial charge >= 0.3 is 11.9 Å². The van der Waals surface area contributed by atoms with Gasteiger partial charge in [-0.25, -0.2) is 0 Å². The number of unbranched alkanes of at least 4 members (excludes halogenated alkanes) is 2. The maximum Gasteiger partial charge on any atom is 0.309 e. The Hall–Kier alpha value is -1.84. The lowest BCUT2D eigenvalue weighted by Gasteiger charge is -2.17. The second kappa shape index (κ2) is 14.2. The first-order valence-electron chi connectivity index (χ1n) is 11.0. The number of hydrogen-bond donors (Lipinski definition) is 0. The molecule has 4 heteroatoms. The van der Waals surface area contributed by atoms with Gasteiger partial charge in [-0.15, -0.1) is 0 Å². The van der Waals surface area contributed by atoms with Crippen molar-refractivity contribution in [3.8, 4) is 0 Å². The fourth-order valence-corrected chi connectivity index (χ4v) is 3.25. The third-order valence-electron chi connectivity index (χ3n) is 5.32. The van der Waals surface area contributed by atoms with Gasteiger partial charge in [0, 0.05) is 0 Å². The van der Waals surface area contributed by atoms with Crippen molar-refractivity contribution in [3.63, 3.8) is 0 Å². The van der Waals surface area contributed by atoms with Gasteiger partial charge in [-0.3, -0.25) is 9.59 Å². The number of rotatable bonds is 14. The molecule has 0 aliphatic carbocycles. The minimum Gasteiger partial charge on any atom is -0.461 e. The fourth-order valence-electron chi connectivity index (χ4n) is 3.25.